The summed E-state index contributed by atoms with van der Waals surface area (Å²) in [7, 11) is 0. The molecule has 3 N–H and O–H groups in total. The van der Waals surface area contributed by atoms with E-state index < -0.39 is 18.4 Å². The van der Waals surface area contributed by atoms with Crippen molar-refractivity contribution in [1.29, 1.82) is 0 Å². The minimum absolute atomic E-state index is 0.235. The van der Waals surface area contributed by atoms with E-state index in [0.717, 1.165) is 0 Å². The Morgan fingerprint density at radius 3 is 2.35 bits per heavy atom. The summed E-state index contributed by atoms with van der Waals surface area (Å²) in [5.74, 6) is -1.35. The average molecular weight is 325 g/mol. The van der Waals surface area contributed by atoms with Crippen LogP contribution in [0.5, 0.6) is 5.75 Å². The Kier molecular flexibility index (Phi) is 4.90. The van der Waals surface area contributed by atoms with E-state index in [1.807, 2.05) is 0 Å². The minimum Gasteiger partial charge on any atom is -0.481 e. The van der Waals surface area contributed by atoms with Gasteiger partial charge in [0.05, 0.1) is 6.42 Å². The standard InChI is InChI=1S/C16H14F3NO3/c17-16(18,19)23-13-6-2-4-11(8-13)10-3-1-5-12(7-10)14(20)9-15(21)22/h1-8,14H,9,20H2,(H,21,22). The lowest BCUT2D eigenvalue weighted by Gasteiger charge is -2.13. The second-order valence-corrected chi connectivity index (χ2v) is 4.91. The number of alkyl halides is 3. The van der Waals surface area contributed by atoms with Gasteiger partial charge in [-0.05, 0) is 34.9 Å². The van der Waals surface area contributed by atoms with Gasteiger partial charge < -0.3 is 15.6 Å². The first-order valence-corrected chi connectivity index (χ1v) is 6.68. The number of nitrogens with two attached hydrogens (primary N) is 1. The maximum Gasteiger partial charge on any atom is 0.573 e. The molecule has 0 radical (unpaired) electrons. The molecule has 0 aliphatic carbocycles. The number of carboxylic acids is 1. The molecule has 2 aromatic carbocycles. The molecule has 1 unspecified atom stereocenters. The first-order chi connectivity index (χ1) is 10.7. The van der Waals surface area contributed by atoms with Gasteiger partial charge in [0.1, 0.15) is 5.75 Å². The number of carboxylic acid groups (broad SMARTS) is 1. The molecule has 0 aliphatic heterocycles. The number of benzene rings is 2. The van der Waals surface area contributed by atoms with E-state index >= 15 is 0 Å². The summed E-state index contributed by atoms with van der Waals surface area (Å²) in [5.41, 5.74) is 7.52. The van der Waals surface area contributed by atoms with E-state index in [4.69, 9.17) is 10.8 Å². The number of rotatable bonds is 5. The van der Waals surface area contributed by atoms with Crippen LogP contribution < -0.4 is 10.5 Å². The van der Waals surface area contributed by atoms with Crippen molar-refractivity contribution in [3.05, 3.63) is 54.1 Å². The highest BCUT2D eigenvalue weighted by atomic mass is 19.4. The Morgan fingerprint density at radius 1 is 1.13 bits per heavy atom. The first-order valence-electron chi connectivity index (χ1n) is 6.68. The number of hydrogen-bond donors (Lipinski definition) is 2. The van der Waals surface area contributed by atoms with E-state index in [0.29, 0.717) is 16.7 Å². The van der Waals surface area contributed by atoms with Crippen molar-refractivity contribution in [2.75, 3.05) is 0 Å². The maximum absolute atomic E-state index is 12.3. The molecule has 0 aromatic heterocycles. The second kappa shape index (κ2) is 6.70. The fraction of sp³-hybridized carbons (Fsp3) is 0.188. The van der Waals surface area contributed by atoms with E-state index in [1.54, 1.807) is 30.3 Å². The van der Waals surface area contributed by atoms with Crippen molar-refractivity contribution in [3.63, 3.8) is 0 Å². The molecule has 0 fully saturated rings. The van der Waals surface area contributed by atoms with Crippen LogP contribution in [0.25, 0.3) is 11.1 Å². The SMILES string of the molecule is NC(CC(=O)O)c1cccc(-c2cccc(OC(F)(F)F)c2)c1. The fourth-order valence-electron chi connectivity index (χ4n) is 2.13. The third-order valence-electron chi connectivity index (χ3n) is 3.11. The Bertz CT molecular complexity index is 701. The van der Waals surface area contributed by atoms with Gasteiger partial charge in [0, 0.05) is 6.04 Å². The normalized spacial score (nSPS) is 12.7. The number of hydrogen-bond acceptors (Lipinski definition) is 3. The fourth-order valence-corrected chi connectivity index (χ4v) is 2.13. The maximum atomic E-state index is 12.3. The molecule has 2 rings (SSSR count). The molecule has 0 heterocycles. The number of carbonyl (C=O) groups is 1. The molecule has 23 heavy (non-hydrogen) atoms. The molecule has 0 aliphatic rings. The smallest absolute Gasteiger partial charge is 0.481 e. The van der Waals surface area contributed by atoms with E-state index in [9.17, 15) is 18.0 Å². The van der Waals surface area contributed by atoms with Gasteiger partial charge in [-0.25, -0.2) is 0 Å². The molecule has 0 saturated carbocycles. The second-order valence-electron chi connectivity index (χ2n) is 4.91. The van der Waals surface area contributed by atoms with Gasteiger partial charge in [-0.1, -0.05) is 30.3 Å². The summed E-state index contributed by atoms with van der Waals surface area (Å²) in [6, 6.07) is 11.5. The van der Waals surface area contributed by atoms with Gasteiger partial charge in [0.25, 0.3) is 0 Å². The lowest BCUT2D eigenvalue weighted by Crippen LogP contribution is -2.17. The molecule has 0 spiro atoms. The molecule has 122 valence electrons. The monoisotopic (exact) mass is 325 g/mol. The van der Waals surface area contributed by atoms with Crippen LogP contribution in [0.4, 0.5) is 13.2 Å². The van der Waals surface area contributed by atoms with Gasteiger partial charge in [0.15, 0.2) is 0 Å². The molecule has 7 heteroatoms. The summed E-state index contributed by atoms with van der Waals surface area (Å²) in [6.07, 6.45) is -5.00. The molecule has 2 aromatic rings. The zero-order valence-electron chi connectivity index (χ0n) is 11.9. The highest BCUT2D eigenvalue weighted by molar-refractivity contribution is 5.69. The molecule has 0 saturated heterocycles. The molecule has 0 bridgehead atoms. The predicted molar refractivity (Wildman–Crippen MR) is 77.7 cm³/mol. The summed E-state index contributed by atoms with van der Waals surface area (Å²) in [4.78, 5) is 10.7. The zero-order valence-corrected chi connectivity index (χ0v) is 11.9. The summed E-state index contributed by atoms with van der Waals surface area (Å²) >= 11 is 0. The molecule has 1 atom stereocenters. The highest BCUT2D eigenvalue weighted by Crippen LogP contribution is 2.29. The van der Waals surface area contributed by atoms with E-state index in [1.165, 1.54) is 18.2 Å². The zero-order chi connectivity index (χ0) is 17.0. The first kappa shape index (κ1) is 16.8. The molecular weight excluding hydrogens is 311 g/mol. The molecule has 0 amide bonds. The summed E-state index contributed by atoms with van der Waals surface area (Å²) < 4.78 is 40.7. The minimum atomic E-state index is -4.76. The summed E-state index contributed by atoms with van der Waals surface area (Å²) in [5, 5.41) is 8.77. The quantitative estimate of drug-likeness (QED) is 0.878. The van der Waals surface area contributed by atoms with Crippen LogP contribution in [0, 0.1) is 0 Å². The Balaban J connectivity index is 2.28. The number of aliphatic carboxylic acids is 1. The van der Waals surface area contributed by atoms with Crippen LogP contribution in [0.1, 0.15) is 18.0 Å². The van der Waals surface area contributed by atoms with Gasteiger partial charge in [-0.2, -0.15) is 0 Å². The third kappa shape index (κ3) is 5.00. The van der Waals surface area contributed by atoms with Gasteiger partial charge in [-0.15, -0.1) is 13.2 Å². The predicted octanol–water partition coefficient (Wildman–Crippen LogP) is 3.73. The number of ether oxygens (including phenoxy) is 1. The van der Waals surface area contributed by atoms with Gasteiger partial charge in [0.2, 0.25) is 0 Å². The van der Waals surface area contributed by atoms with Crippen LogP contribution in [0.2, 0.25) is 0 Å². The van der Waals surface area contributed by atoms with Gasteiger partial charge >= 0.3 is 12.3 Å². The van der Waals surface area contributed by atoms with Crippen molar-refractivity contribution >= 4 is 5.97 Å². The highest BCUT2D eigenvalue weighted by Gasteiger charge is 2.31. The summed E-state index contributed by atoms with van der Waals surface area (Å²) in [6.45, 7) is 0. The van der Waals surface area contributed by atoms with Gasteiger partial charge in [-0.3, -0.25) is 4.79 Å². The molecule has 4 nitrogen and oxygen atoms in total. The largest absolute Gasteiger partial charge is 0.573 e. The van der Waals surface area contributed by atoms with Crippen molar-refractivity contribution in [2.24, 2.45) is 5.73 Å². The van der Waals surface area contributed by atoms with E-state index in [-0.39, 0.29) is 12.2 Å². The topological polar surface area (TPSA) is 72.6 Å². The Labute approximate surface area is 130 Å². The van der Waals surface area contributed by atoms with Crippen LogP contribution in [0.15, 0.2) is 48.5 Å². The van der Waals surface area contributed by atoms with Crippen LogP contribution in [0.3, 0.4) is 0 Å². The lowest BCUT2D eigenvalue weighted by atomic mass is 9.98. The van der Waals surface area contributed by atoms with Crippen LogP contribution in [-0.4, -0.2) is 17.4 Å². The Hall–Kier alpha value is -2.54. The van der Waals surface area contributed by atoms with Crippen molar-refractivity contribution in [1.82, 2.24) is 0 Å². The molecular formula is C16H14F3NO3. The third-order valence-corrected chi connectivity index (χ3v) is 3.11. The van der Waals surface area contributed by atoms with Crippen molar-refractivity contribution in [3.8, 4) is 16.9 Å². The van der Waals surface area contributed by atoms with E-state index in [2.05, 4.69) is 4.74 Å². The Morgan fingerprint density at radius 2 is 1.74 bits per heavy atom. The number of halogens is 3. The van der Waals surface area contributed by atoms with Crippen molar-refractivity contribution < 1.29 is 27.8 Å². The average Bonchev–Trinajstić information content (AvgIpc) is 2.45. The van der Waals surface area contributed by atoms with Crippen molar-refractivity contribution in [2.45, 2.75) is 18.8 Å². The van der Waals surface area contributed by atoms with Crippen LogP contribution >= 0.6 is 0 Å². The lowest BCUT2D eigenvalue weighted by molar-refractivity contribution is -0.274. The van der Waals surface area contributed by atoms with Crippen LogP contribution in [-0.2, 0) is 4.79 Å².